The number of ketones is 1. The highest BCUT2D eigenvalue weighted by atomic mass is 32.2. The number of nitrogens with one attached hydrogen (secondary N) is 2. The molecule has 1 unspecified atom stereocenters. The Balaban J connectivity index is 1.91. The van der Waals surface area contributed by atoms with E-state index in [0.29, 0.717) is 10.6 Å². The lowest BCUT2D eigenvalue weighted by Gasteiger charge is -2.29. The largest absolute Gasteiger partial charge is 0.425 e. The molecule has 1 aliphatic rings. The number of hydrogen-bond donors (Lipinski definition) is 2. The van der Waals surface area contributed by atoms with Crippen LogP contribution in [-0.2, 0) is 15.1 Å². The molecule has 0 saturated carbocycles. The summed E-state index contributed by atoms with van der Waals surface area (Å²) in [6.07, 6.45) is -3.42. The molecule has 0 spiro atoms. The van der Waals surface area contributed by atoms with Gasteiger partial charge in [0.05, 0.1) is 12.2 Å². The normalized spacial score (nSPS) is 18.5. The van der Waals surface area contributed by atoms with Crippen molar-refractivity contribution in [2.45, 2.75) is 23.5 Å². The van der Waals surface area contributed by atoms with Gasteiger partial charge in [0.15, 0.2) is 5.78 Å². The fourth-order valence-corrected chi connectivity index (χ4v) is 3.94. The van der Waals surface area contributed by atoms with Crippen molar-refractivity contribution in [3.05, 3.63) is 59.7 Å². The summed E-state index contributed by atoms with van der Waals surface area (Å²) in [5.74, 6) is -2.62. The van der Waals surface area contributed by atoms with Crippen molar-refractivity contribution in [3.8, 4) is 0 Å². The predicted octanol–water partition coefficient (Wildman–Crippen LogP) is 3.56. The summed E-state index contributed by atoms with van der Waals surface area (Å²) < 4.78 is 42.1. The smallest absolute Gasteiger partial charge is 0.325 e. The second-order valence-electron chi connectivity index (χ2n) is 6.95. The average Bonchev–Trinajstić information content (AvgIpc) is 2.99. The molecule has 1 heterocycles. The number of urea groups is 1. The molecule has 4 amide bonds. The molecule has 2 aromatic rings. The van der Waals surface area contributed by atoms with Crippen LogP contribution in [0.3, 0.4) is 0 Å². The maximum Gasteiger partial charge on any atom is 0.425 e. The Morgan fingerprint density at radius 1 is 1.12 bits per heavy atom. The molecule has 2 N–H and O–H groups in total. The van der Waals surface area contributed by atoms with Crippen molar-refractivity contribution in [2.24, 2.45) is 0 Å². The minimum atomic E-state index is -5.13. The Morgan fingerprint density at radius 2 is 1.78 bits per heavy atom. The van der Waals surface area contributed by atoms with E-state index in [9.17, 15) is 32.3 Å². The molecular formula is C21H18F3N3O4S. The Labute approximate surface area is 185 Å². The second kappa shape index (κ2) is 8.65. The first-order chi connectivity index (χ1) is 15.0. The van der Waals surface area contributed by atoms with Gasteiger partial charge in [-0.2, -0.15) is 13.2 Å². The number of carbonyl (C=O) groups excluding carboxylic acids is 4. The molecule has 0 aliphatic carbocycles. The highest BCUT2D eigenvalue weighted by Gasteiger charge is 2.68. The number of hydrogen-bond acceptors (Lipinski definition) is 5. The number of rotatable bonds is 6. The highest BCUT2D eigenvalue weighted by Crippen LogP contribution is 2.43. The number of thioether (sulfide) groups is 1. The molecule has 2 aromatic carbocycles. The first-order valence-corrected chi connectivity index (χ1v) is 10.5. The fraction of sp³-hybridized carbons (Fsp3) is 0.238. The number of carbonyl (C=O) groups is 4. The van der Waals surface area contributed by atoms with Gasteiger partial charge < -0.3 is 10.6 Å². The van der Waals surface area contributed by atoms with Gasteiger partial charge in [0.1, 0.15) is 0 Å². The maximum absolute atomic E-state index is 14.0. The van der Waals surface area contributed by atoms with Crippen molar-refractivity contribution >= 4 is 41.1 Å². The predicted molar refractivity (Wildman–Crippen MR) is 111 cm³/mol. The Hall–Kier alpha value is -3.34. The zero-order valence-electron chi connectivity index (χ0n) is 16.9. The van der Waals surface area contributed by atoms with Gasteiger partial charge in [0.2, 0.25) is 11.4 Å². The third-order valence-electron chi connectivity index (χ3n) is 4.87. The lowest BCUT2D eigenvalue weighted by molar-refractivity contribution is -0.198. The number of imide groups is 1. The minimum Gasteiger partial charge on any atom is -0.325 e. The van der Waals surface area contributed by atoms with Crippen molar-refractivity contribution in [1.82, 2.24) is 10.2 Å². The van der Waals surface area contributed by atoms with Gasteiger partial charge in [0.25, 0.3) is 5.91 Å². The lowest BCUT2D eigenvalue weighted by Crippen LogP contribution is -2.55. The molecule has 32 heavy (non-hydrogen) atoms. The lowest BCUT2D eigenvalue weighted by atomic mass is 9.89. The number of Topliss-reactive ketones (excluding diaryl/α,β-unsaturated/α-hetero) is 1. The molecule has 1 fully saturated rings. The number of anilines is 1. The van der Waals surface area contributed by atoms with Crippen LogP contribution in [0.2, 0.25) is 0 Å². The van der Waals surface area contributed by atoms with Crippen LogP contribution in [0.5, 0.6) is 0 Å². The van der Waals surface area contributed by atoms with Gasteiger partial charge in [0, 0.05) is 17.4 Å². The van der Waals surface area contributed by atoms with Crippen LogP contribution in [0.25, 0.3) is 0 Å². The molecular weight excluding hydrogens is 447 g/mol. The molecule has 1 saturated heterocycles. The van der Waals surface area contributed by atoms with E-state index in [0.717, 1.165) is 12.1 Å². The molecule has 3 rings (SSSR count). The summed E-state index contributed by atoms with van der Waals surface area (Å²) in [5.41, 5.74) is -3.19. The second-order valence-corrected chi connectivity index (χ2v) is 7.80. The van der Waals surface area contributed by atoms with Crippen LogP contribution in [0, 0.1) is 0 Å². The summed E-state index contributed by atoms with van der Waals surface area (Å²) in [6.45, 7) is 0.447. The zero-order chi connectivity index (χ0) is 23.7. The van der Waals surface area contributed by atoms with E-state index in [2.05, 4.69) is 5.32 Å². The van der Waals surface area contributed by atoms with Crippen LogP contribution >= 0.6 is 11.8 Å². The summed E-state index contributed by atoms with van der Waals surface area (Å²) in [5, 5.41) is 4.34. The Bertz CT molecular complexity index is 1090. The summed E-state index contributed by atoms with van der Waals surface area (Å²) in [6, 6.07) is 9.23. The molecule has 11 heteroatoms. The molecule has 0 bridgehead atoms. The van der Waals surface area contributed by atoms with E-state index in [4.69, 9.17) is 0 Å². The van der Waals surface area contributed by atoms with Crippen LogP contribution in [0.15, 0.2) is 53.4 Å². The minimum absolute atomic E-state index is 0.0771. The topological polar surface area (TPSA) is 95.6 Å². The van der Waals surface area contributed by atoms with Crippen LogP contribution in [0.4, 0.5) is 23.7 Å². The van der Waals surface area contributed by atoms with Gasteiger partial charge in [-0.25, -0.2) is 4.79 Å². The molecule has 168 valence electrons. The van der Waals surface area contributed by atoms with Crippen LogP contribution in [0.1, 0.15) is 22.8 Å². The first kappa shape index (κ1) is 23.3. The summed E-state index contributed by atoms with van der Waals surface area (Å²) >= 11 is 1.24. The van der Waals surface area contributed by atoms with Crippen LogP contribution < -0.4 is 10.6 Å². The SMILES string of the molecule is CSc1cc(C(=O)CN2C(=O)NC(c3ccccc3)(C(F)(F)F)C2=O)ccc1NC(C)=O. The van der Waals surface area contributed by atoms with Gasteiger partial charge in [-0.1, -0.05) is 30.3 Å². The standard InChI is InChI=1S/C21H18F3N3O4S/c1-12(28)25-15-9-8-13(10-17(15)32-2)16(29)11-27-18(30)20(21(22,23)24,26-19(27)31)14-6-4-3-5-7-14/h3-10H,11H2,1-2H3,(H,25,28)(H,26,31). The first-order valence-electron chi connectivity index (χ1n) is 9.26. The monoisotopic (exact) mass is 465 g/mol. The van der Waals surface area contributed by atoms with Crippen molar-refractivity contribution in [3.63, 3.8) is 0 Å². The van der Waals surface area contributed by atoms with Gasteiger partial charge in [-0.15, -0.1) is 11.8 Å². The number of amides is 4. The van der Waals surface area contributed by atoms with Crippen molar-refractivity contribution < 1.29 is 32.3 Å². The van der Waals surface area contributed by atoms with E-state index in [1.165, 1.54) is 55.1 Å². The van der Waals surface area contributed by atoms with E-state index in [-0.39, 0.29) is 16.4 Å². The van der Waals surface area contributed by atoms with E-state index in [1.807, 2.05) is 0 Å². The molecule has 1 atom stereocenters. The third-order valence-corrected chi connectivity index (χ3v) is 5.65. The molecule has 0 aromatic heterocycles. The molecule has 7 nitrogen and oxygen atoms in total. The molecule has 0 radical (unpaired) electrons. The maximum atomic E-state index is 14.0. The third kappa shape index (κ3) is 4.07. The van der Waals surface area contributed by atoms with Crippen molar-refractivity contribution in [1.29, 1.82) is 0 Å². The zero-order valence-corrected chi connectivity index (χ0v) is 17.8. The Kier molecular flexibility index (Phi) is 6.31. The summed E-state index contributed by atoms with van der Waals surface area (Å²) in [4.78, 5) is 50.1. The Morgan fingerprint density at radius 3 is 2.34 bits per heavy atom. The number of nitrogens with zero attached hydrogens (tertiary/aromatic N) is 1. The van der Waals surface area contributed by atoms with E-state index in [1.54, 1.807) is 11.6 Å². The van der Waals surface area contributed by atoms with Crippen LogP contribution in [-0.4, -0.2) is 47.5 Å². The fourth-order valence-electron chi connectivity index (χ4n) is 3.35. The number of benzene rings is 2. The van der Waals surface area contributed by atoms with Gasteiger partial charge >= 0.3 is 12.2 Å². The number of alkyl halides is 3. The van der Waals surface area contributed by atoms with E-state index >= 15 is 0 Å². The number of halogens is 3. The average molecular weight is 465 g/mol. The van der Waals surface area contributed by atoms with Crippen molar-refractivity contribution in [2.75, 3.05) is 18.1 Å². The summed E-state index contributed by atoms with van der Waals surface area (Å²) in [7, 11) is 0. The van der Waals surface area contributed by atoms with Gasteiger partial charge in [-0.3, -0.25) is 19.3 Å². The van der Waals surface area contributed by atoms with Gasteiger partial charge in [-0.05, 0) is 30.0 Å². The highest BCUT2D eigenvalue weighted by molar-refractivity contribution is 7.98. The quantitative estimate of drug-likeness (QED) is 0.387. The molecule has 1 aliphatic heterocycles. The van der Waals surface area contributed by atoms with E-state index < -0.39 is 41.5 Å².